The van der Waals surface area contributed by atoms with Crippen LogP contribution in [0.4, 0.5) is 0 Å². The van der Waals surface area contributed by atoms with Crippen LogP contribution in [0.15, 0.2) is 24.3 Å². The zero-order valence-corrected chi connectivity index (χ0v) is 11.8. The molecule has 5 nitrogen and oxygen atoms in total. The Morgan fingerprint density at radius 1 is 1.35 bits per heavy atom. The van der Waals surface area contributed by atoms with Crippen molar-refractivity contribution in [3.63, 3.8) is 0 Å². The van der Waals surface area contributed by atoms with E-state index >= 15 is 0 Å². The van der Waals surface area contributed by atoms with Gasteiger partial charge in [-0.1, -0.05) is 6.92 Å². The van der Waals surface area contributed by atoms with E-state index in [1.807, 2.05) is 13.0 Å². The molecule has 0 spiro atoms. The second kappa shape index (κ2) is 6.20. The van der Waals surface area contributed by atoms with Crippen molar-refractivity contribution in [1.29, 1.82) is 5.26 Å². The Morgan fingerprint density at radius 2 is 1.90 bits per heavy atom. The number of carboxylic acid groups (broad SMARTS) is 1. The first kappa shape index (κ1) is 15.7. The molecule has 1 aromatic carbocycles. The van der Waals surface area contributed by atoms with E-state index in [0.29, 0.717) is 17.5 Å². The highest BCUT2D eigenvalue weighted by Gasteiger charge is 2.36. The maximum absolute atomic E-state index is 12.1. The van der Waals surface area contributed by atoms with Gasteiger partial charge in [0.15, 0.2) is 0 Å². The quantitative estimate of drug-likeness (QED) is 0.861. The molecule has 0 aliphatic heterocycles. The zero-order valence-electron chi connectivity index (χ0n) is 11.8. The van der Waals surface area contributed by atoms with Crippen LogP contribution in [-0.2, 0) is 4.79 Å². The number of nitrogens with zero attached hydrogens (tertiary/aromatic N) is 1. The molecule has 0 fully saturated rings. The number of benzene rings is 1. The molecule has 0 aliphatic carbocycles. The molecule has 1 aromatic rings. The monoisotopic (exact) mass is 274 g/mol. The molecule has 0 aromatic heterocycles. The molecule has 5 heteroatoms. The van der Waals surface area contributed by atoms with Crippen molar-refractivity contribution in [2.24, 2.45) is 5.41 Å². The fraction of sp³-hybridized carbons (Fsp3) is 0.400. The minimum atomic E-state index is -1.04. The third-order valence-electron chi connectivity index (χ3n) is 3.41. The molecule has 1 atom stereocenters. The van der Waals surface area contributed by atoms with Gasteiger partial charge in [-0.3, -0.25) is 9.59 Å². The summed E-state index contributed by atoms with van der Waals surface area (Å²) in [6.45, 7) is 5.00. The van der Waals surface area contributed by atoms with E-state index in [1.54, 1.807) is 38.1 Å². The van der Waals surface area contributed by atoms with Crippen LogP contribution >= 0.6 is 0 Å². The molecule has 1 rings (SSSR count). The second-order valence-electron chi connectivity index (χ2n) is 5.15. The zero-order chi connectivity index (χ0) is 15.3. The van der Waals surface area contributed by atoms with Crippen LogP contribution in [0.3, 0.4) is 0 Å². The molecule has 2 N–H and O–H groups in total. The third kappa shape index (κ3) is 3.35. The minimum Gasteiger partial charge on any atom is -0.481 e. The van der Waals surface area contributed by atoms with Gasteiger partial charge in [-0.2, -0.15) is 5.26 Å². The van der Waals surface area contributed by atoms with Crippen LogP contribution < -0.4 is 5.32 Å². The largest absolute Gasteiger partial charge is 0.481 e. The number of rotatable bonds is 5. The van der Waals surface area contributed by atoms with Crippen molar-refractivity contribution in [2.75, 3.05) is 0 Å². The number of nitrogens with one attached hydrogen (secondary N) is 1. The Balaban J connectivity index is 2.87. The fourth-order valence-electron chi connectivity index (χ4n) is 1.88. The van der Waals surface area contributed by atoms with Gasteiger partial charge in [0, 0.05) is 11.6 Å². The van der Waals surface area contributed by atoms with Gasteiger partial charge in [0.25, 0.3) is 5.91 Å². The molecule has 0 bridgehead atoms. The summed E-state index contributed by atoms with van der Waals surface area (Å²) in [4.78, 5) is 23.3. The van der Waals surface area contributed by atoms with Crippen molar-refractivity contribution >= 4 is 11.9 Å². The maximum Gasteiger partial charge on any atom is 0.311 e. The fourth-order valence-corrected chi connectivity index (χ4v) is 1.88. The second-order valence-corrected chi connectivity index (χ2v) is 5.15. The van der Waals surface area contributed by atoms with Crippen LogP contribution in [0.5, 0.6) is 0 Å². The molecule has 1 unspecified atom stereocenters. The van der Waals surface area contributed by atoms with E-state index < -0.39 is 17.4 Å². The van der Waals surface area contributed by atoms with Gasteiger partial charge in [0.1, 0.15) is 0 Å². The van der Waals surface area contributed by atoms with Gasteiger partial charge < -0.3 is 10.4 Å². The summed E-state index contributed by atoms with van der Waals surface area (Å²) in [5.41, 5.74) is -0.167. The van der Waals surface area contributed by atoms with Gasteiger partial charge in [-0.05, 0) is 44.5 Å². The highest BCUT2D eigenvalue weighted by atomic mass is 16.4. The van der Waals surface area contributed by atoms with Crippen LogP contribution in [0.25, 0.3) is 0 Å². The van der Waals surface area contributed by atoms with Crippen LogP contribution in [-0.4, -0.2) is 23.0 Å². The number of carbonyl (C=O) groups is 2. The summed E-state index contributed by atoms with van der Waals surface area (Å²) >= 11 is 0. The van der Waals surface area contributed by atoms with Crippen LogP contribution in [0.1, 0.15) is 43.1 Å². The average molecular weight is 274 g/mol. The lowest BCUT2D eigenvalue weighted by atomic mass is 9.83. The van der Waals surface area contributed by atoms with Gasteiger partial charge in [0.05, 0.1) is 17.0 Å². The summed E-state index contributed by atoms with van der Waals surface area (Å²) in [5, 5.41) is 20.6. The van der Waals surface area contributed by atoms with E-state index in [9.17, 15) is 14.7 Å². The smallest absolute Gasteiger partial charge is 0.311 e. The van der Waals surface area contributed by atoms with Gasteiger partial charge >= 0.3 is 5.97 Å². The molecule has 1 amide bonds. The molecule has 0 saturated heterocycles. The molecule has 20 heavy (non-hydrogen) atoms. The van der Waals surface area contributed by atoms with Crippen molar-refractivity contribution in [2.45, 2.75) is 33.2 Å². The third-order valence-corrected chi connectivity index (χ3v) is 3.41. The van der Waals surface area contributed by atoms with Crippen molar-refractivity contribution in [3.05, 3.63) is 35.4 Å². The van der Waals surface area contributed by atoms with Crippen LogP contribution in [0.2, 0.25) is 0 Å². The molecule has 106 valence electrons. The number of amides is 1. The predicted octanol–water partition coefficient (Wildman–Crippen LogP) is 2.18. The number of nitriles is 1. The van der Waals surface area contributed by atoms with Gasteiger partial charge in [0.2, 0.25) is 0 Å². The predicted molar refractivity (Wildman–Crippen MR) is 74.1 cm³/mol. The lowest BCUT2D eigenvalue weighted by molar-refractivity contribution is -0.148. The number of aliphatic carboxylic acids is 1. The lowest BCUT2D eigenvalue weighted by Gasteiger charge is -2.30. The molecule has 0 radical (unpaired) electrons. The van der Waals surface area contributed by atoms with Crippen molar-refractivity contribution < 1.29 is 14.7 Å². The standard InChI is InChI=1S/C15H18N2O3/c1-4-12(15(2,3)14(19)20)17-13(18)11-7-5-10(9-16)6-8-11/h5-8,12H,4H2,1-3H3,(H,17,18)(H,19,20). The highest BCUT2D eigenvalue weighted by molar-refractivity contribution is 5.95. The Kier molecular flexibility index (Phi) is 4.87. The first-order chi connectivity index (χ1) is 9.32. The average Bonchev–Trinajstić information content (AvgIpc) is 2.44. The van der Waals surface area contributed by atoms with E-state index in [-0.39, 0.29) is 5.91 Å². The molecule has 0 heterocycles. The van der Waals surface area contributed by atoms with Gasteiger partial charge in [-0.25, -0.2) is 0 Å². The number of hydrogen-bond donors (Lipinski definition) is 2. The summed E-state index contributed by atoms with van der Waals surface area (Å²) < 4.78 is 0. The van der Waals surface area contributed by atoms with E-state index in [0.717, 1.165) is 0 Å². The van der Waals surface area contributed by atoms with Crippen molar-refractivity contribution in [1.82, 2.24) is 5.32 Å². The Hall–Kier alpha value is -2.35. The SMILES string of the molecule is CCC(NC(=O)c1ccc(C#N)cc1)C(C)(C)C(=O)O. The minimum absolute atomic E-state index is 0.337. The number of carboxylic acids is 1. The Bertz CT molecular complexity index is 541. The van der Waals surface area contributed by atoms with E-state index in [2.05, 4.69) is 5.32 Å². The van der Waals surface area contributed by atoms with Gasteiger partial charge in [-0.15, -0.1) is 0 Å². The first-order valence-electron chi connectivity index (χ1n) is 6.37. The van der Waals surface area contributed by atoms with Crippen LogP contribution in [0, 0.1) is 16.7 Å². The van der Waals surface area contributed by atoms with Crippen molar-refractivity contribution in [3.8, 4) is 6.07 Å². The summed E-state index contributed by atoms with van der Waals surface area (Å²) in [6.07, 6.45) is 0.515. The van der Waals surface area contributed by atoms with E-state index in [1.165, 1.54) is 0 Å². The summed E-state index contributed by atoms with van der Waals surface area (Å²) in [5.74, 6) is -1.29. The maximum atomic E-state index is 12.1. The Labute approximate surface area is 118 Å². The molecule has 0 aliphatic rings. The highest BCUT2D eigenvalue weighted by Crippen LogP contribution is 2.23. The molecular weight excluding hydrogens is 256 g/mol. The first-order valence-corrected chi connectivity index (χ1v) is 6.37. The topological polar surface area (TPSA) is 90.2 Å². The van der Waals surface area contributed by atoms with E-state index in [4.69, 9.17) is 5.26 Å². The number of hydrogen-bond acceptors (Lipinski definition) is 3. The molecule has 0 saturated carbocycles. The molecular formula is C15H18N2O3. The Morgan fingerprint density at radius 3 is 2.30 bits per heavy atom. The summed E-state index contributed by atoms with van der Waals surface area (Å²) in [7, 11) is 0. The normalized spacial score (nSPS) is 12.3. The summed E-state index contributed by atoms with van der Waals surface area (Å²) in [6, 6.07) is 7.71. The number of carbonyl (C=O) groups excluding carboxylic acids is 1. The lowest BCUT2D eigenvalue weighted by Crippen LogP contribution is -2.48.